The first-order valence-corrected chi connectivity index (χ1v) is 6.54. The van der Waals surface area contributed by atoms with Gasteiger partial charge in [0.1, 0.15) is 0 Å². The molecule has 0 spiro atoms. The van der Waals surface area contributed by atoms with Crippen LogP contribution in [-0.4, -0.2) is 37.0 Å². The summed E-state index contributed by atoms with van der Waals surface area (Å²) >= 11 is 6.02. The first-order chi connectivity index (χ1) is 9.04. The van der Waals surface area contributed by atoms with Gasteiger partial charge in [0.05, 0.1) is 23.6 Å². The monoisotopic (exact) mass is 281 g/mol. The minimum Gasteiger partial charge on any atom is -0.469 e. The molecule has 2 rings (SSSR count). The number of methoxy groups -OCH3 is 1. The fourth-order valence-electron chi connectivity index (χ4n) is 2.40. The molecule has 4 nitrogen and oxygen atoms in total. The summed E-state index contributed by atoms with van der Waals surface area (Å²) in [5.74, 6) is -0.555. The van der Waals surface area contributed by atoms with E-state index in [0.717, 1.165) is 0 Å². The van der Waals surface area contributed by atoms with E-state index < -0.39 is 0 Å². The smallest absolute Gasteiger partial charge is 0.310 e. The third-order valence-electron chi connectivity index (χ3n) is 3.51. The quantitative estimate of drug-likeness (QED) is 0.781. The van der Waals surface area contributed by atoms with E-state index in [1.54, 1.807) is 29.2 Å². The summed E-state index contributed by atoms with van der Waals surface area (Å²) in [7, 11) is 1.37. The van der Waals surface area contributed by atoms with E-state index in [1.165, 1.54) is 7.11 Å². The predicted octanol–water partition coefficient (Wildman–Crippen LogP) is 2.22. The van der Waals surface area contributed by atoms with Crippen LogP contribution in [0.4, 0.5) is 0 Å². The molecule has 0 aliphatic carbocycles. The maximum Gasteiger partial charge on any atom is 0.310 e. The van der Waals surface area contributed by atoms with Crippen LogP contribution in [-0.2, 0) is 9.53 Å². The van der Waals surface area contributed by atoms with Crippen LogP contribution < -0.4 is 0 Å². The lowest BCUT2D eigenvalue weighted by Crippen LogP contribution is -2.30. The number of esters is 1. The molecule has 1 aliphatic heterocycles. The highest BCUT2D eigenvalue weighted by molar-refractivity contribution is 6.33. The number of carbonyl (C=O) groups is 2. The van der Waals surface area contributed by atoms with Gasteiger partial charge in [-0.2, -0.15) is 0 Å². The van der Waals surface area contributed by atoms with Crippen LogP contribution in [0.3, 0.4) is 0 Å². The van der Waals surface area contributed by atoms with E-state index in [-0.39, 0.29) is 23.7 Å². The SMILES string of the molecule is COC(=O)C1CN(C(=O)c2ccccc2Cl)CC1C. The number of hydrogen-bond acceptors (Lipinski definition) is 3. The Balaban J connectivity index is 2.15. The Hall–Kier alpha value is -1.55. The van der Waals surface area contributed by atoms with Gasteiger partial charge in [0.2, 0.25) is 0 Å². The van der Waals surface area contributed by atoms with Crippen molar-refractivity contribution in [3.63, 3.8) is 0 Å². The van der Waals surface area contributed by atoms with Crippen molar-refractivity contribution < 1.29 is 14.3 Å². The van der Waals surface area contributed by atoms with Crippen LogP contribution in [0, 0.1) is 11.8 Å². The first-order valence-electron chi connectivity index (χ1n) is 6.16. The van der Waals surface area contributed by atoms with Gasteiger partial charge in [0.25, 0.3) is 5.91 Å². The molecule has 19 heavy (non-hydrogen) atoms. The normalized spacial score (nSPS) is 22.4. The molecule has 1 aromatic carbocycles. The lowest BCUT2D eigenvalue weighted by molar-refractivity contribution is -0.146. The zero-order chi connectivity index (χ0) is 14.0. The van der Waals surface area contributed by atoms with E-state index in [0.29, 0.717) is 23.7 Å². The molecule has 102 valence electrons. The van der Waals surface area contributed by atoms with Crippen LogP contribution in [0.25, 0.3) is 0 Å². The maximum absolute atomic E-state index is 12.4. The zero-order valence-electron chi connectivity index (χ0n) is 10.9. The number of nitrogens with zero attached hydrogens (tertiary/aromatic N) is 1. The van der Waals surface area contributed by atoms with Gasteiger partial charge in [-0.1, -0.05) is 30.7 Å². The Morgan fingerprint density at radius 1 is 1.32 bits per heavy atom. The van der Waals surface area contributed by atoms with Crippen LogP contribution in [0.15, 0.2) is 24.3 Å². The molecular formula is C14H16ClNO3. The Bertz CT molecular complexity index is 503. The third kappa shape index (κ3) is 2.73. The fraction of sp³-hybridized carbons (Fsp3) is 0.429. The Kier molecular flexibility index (Phi) is 4.10. The number of rotatable bonds is 2. The molecule has 5 heteroatoms. The zero-order valence-corrected chi connectivity index (χ0v) is 11.7. The number of amides is 1. The van der Waals surface area contributed by atoms with Crippen molar-refractivity contribution in [3.8, 4) is 0 Å². The number of ether oxygens (including phenoxy) is 1. The number of benzene rings is 1. The lowest BCUT2D eigenvalue weighted by atomic mass is 9.99. The van der Waals surface area contributed by atoms with Crippen LogP contribution >= 0.6 is 11.6 Å². The van der Waals surface area contributed by atoms with Gasteiger partial charge < -0.3 is 9.64 Å². The third-order valence-corrected chi connectivity index (χ3v) is 3.84. The van der Waals surface area contributed by atoms with Gasteiger partial charge in [-0.3, -0.25) is 9.59 Å². The predicted molar refractivity (Wildman–Crippen MR) is 72.0 cm³/mol. The summed E-state index contributed by atoms with van der Waals surface area (Å²) in [6.07, 6.45) is 0. The molecule has 1 heterocycles. The summed E-state index contributed by atoms with van der Waals surface area (Å²) in [6, 6.07) is 6.94. The Morgan fingerprint density at radius 2 is 2.00 bits per heavy atom. The minimum atomic E-state index is -0.262. The second-order valence-corrected chi connectivity index (χ2v) is 5.20. The van der Waals surface area contributed by atoms with Gasteiger partial charge in [-0.25, -0.2) is 0 Å². The van der Waals surface area contributed by atoms with Crippen LogP contribution in [0.2, 0.25) is 5.02 Å². The number of halogens is 1. The molecule has 2 atom stereocenters. The van der Waals surface area contributed by atoms with Gasteiger partial charge in [-0.05, 0) is 18.1 Å². The number of hydrogen-bond donors (Lipinski definition) is 0. The van der Waals surface area contributed by atoms with Gasteiger partial charge in [-0.15, -0.1) is 0 Å². The van der Waals surface area contributed by atoms with E-state index in [1.807, 2.05) is 6.92 Å². The average molecular weight is 282 g/mol. The summed E-state index contributed by atoms with van der Waals surface area (Å²) in [5.41, 5.74) is 0.474. The lowest BCUT2D eigenvalue weighted by Gasteiger charge is -2.16. The van der Waals surface area contributed by atoms with E-state index in [4.69, 9.17) is 16.3 Å². The fourth-order valence-corrected chi connectivity index (χ4v) is 2.61. The molecule has 0 N–H and O–H groups in total. The second kappa shape index (κ2) is 5.61. The van der Waals surface area contributed by atoms with Crippen molar-refractivity contribution in [1.82, 2.24) is 4.90 Å². The molecule has 0 aromatic heterocycles. The van der Waals surface area contributed by atoms with Crippen molar-refractivity contribution in [2.75, 3.05) is 20.2 Å². The maximum atomic E-state index is 12.4. The molecule has 0 radical (unpaired) electrons. The summed E-state index contributed by atoms with van der Waals surface area (Å²) < 4.78 is 4.76. The number of carbonyl (C=O) groups excluding carboxylic acids is 2. The topological polar surface area (TPSA) is 46.6 Å². The number of likely N-dealkylation sites (tertiary alicyclic amines) is 1. The van der Waals surface area contributed by atoms with Crippen LogP contribution in [0.1, 0.15) is 17.3 Å². The molecule has 1 amide bonds. The highest BCUT2D eigenvalue weighted by atomic mass is 35.5. The largest absolute Gasteiger partial charge is 0.469 e. The van der Waals surface area contributed by atoms with Crippen molar-refractivity contribution in [2.24, 2.45) is 11.8 Å². The molecule has 1 aliphatic rings. The second-order valence-electron chi connectivity index (χ2n) is 4.80. The molecule has 0 bridgehead atoms. The Morgan fingerprint density at radius 3 is 2.63 bits per heavy atom. The molecular weight excluding hydrogens is 266 g/mol. The van der Waals surface area contributed by atoms with Gasteiger partial charge in [0.15, 0.2) is 0 Å². The van der Waals surface area contributed by atoms with Crippen molar-refractivity contribution in [2.45, 2.75) is 6.92 Å². The molecule has 1 fully saturated rings. The van der Waals surface area contributed by atoms with Crippen molar-refractivity contribution >= 4 is 23.5 Å². The van der Waals surface area contributed by atoms with E-state index in [9.17, 15) is 9.59 Å². The average Bonchev–Trinajstić information content (AvgIpc) is 2.80. The highest BCUT2D eigenvalue weighted by Crippen LogP contribution is 2.27. The minimum absolute atomic E-state index is 0.0962. The summed E-state index contributed by atoms with van der Waals surface area (Å²) in [4.78, 5) is 25.6. The molecule has 1 saturated heterocycles. The standard InChI is InChI=1S/C14H16ClNO3/c1-9-7-16(8-11(9)14(18)19-2)13(17)10-5-3-4-6-12(10)15/h3-6,9,11H,7-8H2,1-2H3. The molecule has 0 saturated carbocycles. The van der Waals surface area contributed by atoms with Crippen molar-refractivity contribution in [1.29, 1.82) is 0 Å². The highest BCUT2D eigenvalue weighted by Gasteiger charge is 2.38. The molecule has 1 aromatic rings. The summed E-state index contributed by atoms with van der Waals surface area (Å²) in [5, 5.41) is 0.432. The first kappa shape index (κ1) is 13.9. The van der Waals surface area contributed by atoms with Gasteiger partial charge >= 0.3 is 5.97 Å². The Labute approximate surface area is 117 Å². The van der Waals surface area contributed by atoms with Crippen molar-refractivity contribution in [3.05, 3.63) is 34.9 Å². The van der Waals surface area contributed by atoms with E-state index >= 15 is 0 Å². The summed E-state index contributed by atoms with van der Waals surface area (Å²) in [6.45, 7) is 2.88. The molecule has 2 unspecified atom stereocenters. The van der Waals surface area contributed by atoms with Crippen LogP contribution in [0.5, 0.6) is 0 Å². The van der Waals surface area contributed by atoms with Gasteiger partial charge in [0, 0.05) is 13.1 Å². The van der Waals surface area contributed by atoms with E-state index in [2.05, 4.69) is 0 Å².